The van der Waals surface area contributed by atoms with Crippen molar-refractivity contribution in [1.29, 1.82) is 0 Å². The van der Waals surface area contributed by atoms with E-state index < -0.39 is 5.60 Å². The highest BCUT2D eigenvalue weighted by atomic mass is 16.5. The number of anilines is 1. The van der Waals surface area contributed by atoms with Gasteiger partial charge < -0.3 is 19.6 Å². The first-order chi connectivity index (χ1) is 9.41. The molecule has 1 saturated heterocycles. The van der Waals surface area contributed by atoms with Crippen LogP contribution in [0.2, 0.25) is 0 Å². The Labute approximate surface area is 119 Å². The number of hydrogen-bond donors (Lipinski definition) is 1. The molecule has 1 aromatic carbocycles. The van der Waals surface area contributed by atoms with Gasteiger partial charge in [0.2, 0.25) is 0 Å². The second-order valence-corrected chi connectivity index (χ2v) is 5.54. The van der Waals surface area contributed by atoms with Gasteiger partial charge in [-0.1, -0.05) is 6.07 Å². The molecule has 1 amide bonds. The molecular formula is C15H22N2O3. The average Bonchev–Trinajstić information content (AvgIpc) is 2.46. The summed E-state index contributed by atoms with van der Waals surface area (Å²) in [6.45, 7) is 5.83. The number of carbonyl (C=O) groups is 1. The van der Waals surface area contributed by atoms with E-state index in [1.54, 1.807) is 12.0 Å². The highest BCUT2D eigenvalue weighted by molar-refractivity contribution is 5.84. The van der Waals surface area contributed by atoms with E-state index in [1.165, 1.54) is 13.8 Å². The SMILES string of the molecule is COc1cccc(N2CCN(C(=O)C(C)(C)O)CC2)c1. The van der Waals surface area contributed by atoms with E-state index in [-0.39, 0.29) is 5.91 Å². The van der Waals surface area contributed by atoms with Crippen LogP contribution in [0.25, 0.3) is 0 Å². The van der Waals surface area contributed by atoms with Crippen LogP contribution in [0, 0.1) is 0 Å². The normalized spacial score (nSPS) is 16.2. The number of nitrogens with zero attached hydrogens (tertiary/aromatic N) is 2. The van der Waals surface area contributed by atoms with Crippen LogP contribution in [-0.2, 0) is 4.79 Å². The van der Waals surface area contributed by atoms with E-state index in [1.807, 2.05) is 24.3 Å². The number of amides is 1. The van der Waals surface area contributed by atoms with Crippen molar-refractivity contribution < 1.29 is 14.6 Å². The van der Waals surface area contributed by atoms with Crippen LogP contribution in [-0.4, -0.2) is 54.8 Å². The molecule has 1 heterocycles. The molecule has 0 radical (unpaired) electrons. The van der Waals surface area contributed by atoms with Gasteiger partial charge in [0.25, 0.3) is 5.91 Å². The first kappa shape index (κ1) is 14.7. The number of hydrogen-bond acceptors (Lipinski definition) is 4. The second kappa shape index (κ2) is 5.71. The molecule has 0 unspecified atom stereocenters. The van der Waals surface area contributed by atoms with E-state index in [0.29, 0.717) is 13.1 Å². The molecule has 0 spiro atoms. The summed E-state index contributed by atoms with van der Waals surface area (Å²) in [5.41, 5.74) is -0.197. The lowest BCUT2D eigenvalue weighted by atomic mass is 10.1. The summed E-state index contributed by atoms with van der Waals surface area (Å²) in [6, 6.07) is 7.91. The predicted molar refractivity (Wildman–Crippen MR) is 78.1 cm³/mol. The van der Waals surface area contributed by atoms with Gasteiger partial charge in [0, 0.05) is 37.9 Å². The Hall–Kier alpha value is -1.75. The lowest BCUT2D eigenvalue weighted by Crippen LogP contribution is -2.54. The summed E-state index contributed by atoms with van der Waals surface area (Å²) >= 11 is 0. The lowest BCUT2D eigenvalue weighted by Gasteiger charge is -2.38. The summed E-state index contributed by atoms with van der Waals surface area (Å²) in [5, 5.41) is 9.77. The quantitative estimate of drug-likeness (QED) is 0.900. The van der Waals surface area contributed by atoms with Crippen molar-refractivity contribution in [3.05, 3.63) is 24.3 Å². The Bertz CT molecular complexity index is 474. The fraction of sp³-hybridized carbons (Fsp3) is 0.533. The number of carbonyl (C=O) groups excluding carboxylic acids is 1. The Morgan fingerprint density at radius 3 is 2.45 bits per heavy atom. The minimum atomic E-state index is -1.29. The van der Waals surface area contributed by atoms with E-state index in [2.05, 4.69) is 4.90 Å². The fourth-order valence-electron chi connectivity index (χ4n) is 2.36. The van der Waals surface area contributed by atoms with Crippen molar-refractivity contribution >= 4 is 11.6 Å². The van der Waals surface area contributed by atoms with Gasteiger partial charge in [0.05, 0.1) is 7.11 Å². The van der Waals surface area contributed by atoms with Crippen molar-refractivity contribution in [3.8, 4) is 5.75 Å². The maximum atomic E-state index is 12.0. The van der Waals surface area contributed by atoms with E-state index >= 15 is 0 Å². The number of ether oxygens (including phenoxy) is 1. The molecule has 110 valence electrons. The van der Waals surface area contributed by atoms with E-state index in [4.69, 9.17) is 4.74 Å². The molecule has 0 bridgehead atoms. The largest absolute Gasteiger partial charge is 0.497 e. The zero-order chi connectivity index (χ0) is 14.8. The summed E-state index contributed by atoms with van der Waals surface area (Å²) in [7, 11) is 1.65. The highest BCUT2D eigenvalue weighted by Crippen LogP contribution is 2.22. The molecule has 1 N–H and O–H groups in total. The third-order valence-electron chi connectivity index (χ3n) is 3.51. The van der Waals surface area contributed by atoms with Crippen molar-refractivity contribution in [2.45, 2.75) is 19.4 Å². The Morgan fingerprint density at radius 1 is 1.25 bits per heavy atom. The molecule has 0 aliphatic carbocycles. The van der Waals surface area contributed by atoms with Crippen LogP contribution >= 0.6 is 0 Å². The van der Waals surface area contributed by atoms with Crippen LogP contribution in [0.3, 0.4) is 0 Å². The molecular weight excluding hydrogens is 256 g/mol. The first-order valence-corrected chi connectivity index (χ1v) is 6.82. The first-order valence-electron chi connectivity index (χ1n) is 6.82. The van der Waals surface area contributed by atoms with Gasteiger partial charge in [-0.3, -0.25) is 4.79 Å². The zero-order valence-corrected chi connectivity index (χ0v) is 12.3. The smallest absolute Gasteiger partial charge is 0.254 e. The number of methoxy groups -OCH3 is 1. The monoisotopic (exact) mass is 278 g/mol. The van der Waals surface area contributed by atoms with Gasteiger partial charge in [-0.15, -0.1) is 0 Å². The molecule has 2 rings (SSSR count). The molecule has 5 heteroatoms. The topological polar surface area (TPSA) is 53.0 Å². The highest BCUT2D eigenvalue weighted by Gasteiger charge is 2.31. The number of aliphatic hydroxyl groups is 1. The minimum absolute atomic E-state index is 0.206. The van der Waals surface area contributed by atoms with E-state index in [0.717, 1.165) is 24.5 Å². The molecule has 20 heavy (non-hydrogen) atoms. The molecule has 5 nitrogen and oxygen atoms in total. The van der Waals surface area contributed by atoms with Crippen molar-refractivity contribution in [2.75, 3.05) is 38.2 Å². The predicted octanol–water partition coefficient (Wildman–Crippen LogP) is 1.11. The molecule has 0 aromatic heterocycles. The van der Waals surface area contributed by atoms with Gasteiger partial charge in [0.15, 0.2) is 0 Å². The van der Waals surface area contributed by atoms with Crippen molar-refractivity contribution in [1.82, 2.24) is 4.90 Å². The molecule has 1 aliphatic heterocycles. The van der Waals surface area contributed by atoms with Crippen LogP contribution in [0.15, 0.2) is 24.3 Å². The maximum Gasteiger partial charge on any atom is 0.254 e. The Balaban J connectivity index is 1.99. The van der Waals surface area contributed by atoms with Gasteiger partial charge in [0.1, 0.15) is 11.4 Å². The lowest BCUT2D eigenvalue weighted by molar-refractivity contribution is -0.148. The van der Waals surface area contributed by atoms with Crippen molar-refractivity contribution in [3.63, 3.8) is 0 Å². The second-order valence-electron chi connectivity index (χ2n) is 5.54. The fourth-order valence-corrected chi connectivity index (χ4v) is 2.36. The molecule has 0 saturated carbocycles. The molecule has 1 fully saturated rings. The summed E-state index contributed by atoms with van der Waals surface area (Å²) < 4.78 is 5.23. The molecule has 0 atom stereocenters. The maximum absolute atomic E-state index is 12.0. The Morgan fingerprint density at radius 2 is 1.90 bits per heavy atom. The molecule has 1 aliphatic rings. The summed E-state index contributed by atoms with van der Waals surface area (Å²) in [5.74, 6) is 0.625. The zero-order valence-electron chi connectivity index (χ0n) is 12.3. The van der Waals surface area contributed by atoms with Gasteiger partial charge in [-0.25, -0.2) is 0 Å². The third-order valence-corrected chi connectivity index (χ3v) is 3.51. The van der Waals surface area contributed by atoms with Gasteiger partial charge >= 0.3 is 0 Å². The third kappa shape index (κ3) is 3.22. The van der Waals surface area contributed by atoms with Crippen molar-refractivity contribution in [2.24, 2.45) is 0 Å². The van der Waals surface area contributed by atoms with Crippen LogP contribution in [0.4, 0.5) is 5.69 Å². The number of benzene rings is 1. The van der Waals surface area contributed by atoms with Crippen LogP contribution in [0.5, 0.6) is 5.75 Å². The number of piperazine rings is 1. The standard InChI is InChI=1S/C15H22N2O3/c1-15(2,19)14(18)17-9-7-16(8-10-17)12-5-4-6-13(11-12)20-3/h4-6,11,19H,7-10H2,1-3H3. The number of rotatable bonds is 3. The summed E-state index contributed by atoms with van der Waals surface area (Å²) in [4.78, 5) is 15.9. The average molecular weight is 278 g/mol. The van der Waals surface area contributed by atoms with Gasteiger partial charge in [-0.05, 0) is 26.0 Å². The van der Waals surface area contributed by atoms with Crippen LogP contribution in [0.1, 0.15) is 13.8 Å². The Kier molecular flexibility index (Phi) is 4.18. The summed E-state index contributed by atoms with van der Waals surface area (Å²) in [6.07, 6.45) is 0. The molecule has 1 aromatic rings. The van der Waals surface area contributed by atoms with Gasteiger partial charge in [-0.2, -0.15) is 0 Å². The van der Waals surface area contributed by atoms with Crippen LogP contribution < -0.4 is 9.64 Å². The minimum Gasteiger partial charge on any atom is -0.497 e. The van der Waals surface area contributed by atoms with E-state index in [9.17, 15) is 9.90 Å².